The molecule has 3 N–H and O–H groups in total. The Morgan fingerprint density at radius 3 is 0.652 bits per heavy atom. The van der Waals surface area contributed by atoms with E-state index in [-0.39, 0.29) is 35.5 Å². The van der Waals surface area contributed by atoms with Gasteiger partial charge in [0.2, 0.25) is 17.7 Å². The van der Waals surface area contributed by atoms with Crippen molar-refractivity contribution >= 4 is 17.7 Å². The van der Waals surface area contributed by atoms with Gasteiger partial charge in [-0.15, -0.1) is 0 Å². The molecule has 0 heterocycles. The van der Waals surface area contributed by atoms with Crippen LogP contribution in [0, 0.1) is 17.8 Å². The van der Waals surface area contributed by atoms with Gasteiger partial charge in [-0.1, -0.05) is 257 Å². The molecule has 3 amide bonds. The highest BCUT2D eigenvalue weighted by Crippen LogP contribution is 2.34. The Bertz CT molecular complexity index is 1120. The highest BCUT2D eigenvalue weighted by Gasteiger charge is 2.38. The minimum absolute atomic E-state index is 0.0316. The molecule has 69 heavy (non-hydrogen) atoms. The molecule has 1 fully saturated rings. The summed E-state index contributed by atoms with van der Waals surface area (Å²) in [5.74, 6) is -0.774. The quantitative estimate of drug-likeness (QED) is 0.0419. The molecular formula is C63H119N3O3. The SMILES string of the molecule is CCCCCCCC/C=C/CCCCCCCCNC(=O)C1CC(C(=O)NCCCCCCCC/C=C/CCCCCCCC)CC(C(=O)NCCCCCCCCCCCCCCCCCC)C1. The zero-order chi connectivity index (χ0) is 49.8. The maximum absolute atomic E-state index is 13.6. The smallest absolute Gasteiger partial charge is 0.223 e. The number of carbonyl (C=O) groups is 3. The molecular weight excluding hydrogens is 847 g/mol. The van der Waals surface area contributed by atoms with Crippen LogP contribution in [-0.2, 0) is 14.4 Å². The molecule has 0 aromatic rings. The van der Waals surface area contributed by atoms with E-state index in [0.717, 1.165) is 38.5 Å². The van der Waals surface area contributed by atoms with Crippen LogP contribution in [0.25, 0.3) is 0 Å². The summed E-state index contributed by atoms with van der Waals surface area (Å²) in [6, 6.07) is 0. The maximum Gasteiger partial charge on any atom is 0.223 e. The Balaban J connectivity index is 2.38. The molecule has 1 rings (SSSR count). The van der Waals surface area contributed by atoms with Gasteiger partial charge in [0.05, 0.1) is 0 Å². The van der Waals surface area contributed by atoms with Crippen LogP contribution in [0.5, 0.6) is 0 Å². The van der Waals surface area contributed by atoms with Gasteiger partial charge in [0.15, 0.2) is 0 Å². The summed E-state index contributed by atoms with van der Waals surface area (Å²) in [4.78, 5) is 40.7. The number of amides is 3. The molecule has 6 nitrogen and oxygen atoms in total. The van der Waals surface area contributed by atoms with E-state index in [1.807, 2.05) is 0 Å². The van der Waals surface area contributed by atoms with Crippen LogP contribution in [-0.4, -0.2) is 37.4 Å². The number of unbranched alkanes of at least 4 members (excludes halogenated alkanes) is 39. The molecule has 1 aliphatic carbocycles. The number of allylic oxidation sites excluding steroid dienone is 4. The Labute approximate surface area is 430 Å². The average Bonchev–Trinajstić information content (AvgIpc) is 3.36. The van der Waals surface area contributed by atoms with E-state index in [0.29, 0.717) is 38.9 Å². The van der Waals surface area contributed by atoms with Gasteiger partial charge < -0.3 is 16.0 Å². The van der Waals surface area contributed by atoms with Crippen LogP contribution >= 0.6 is 0 Å². The second-order valence-electron chi connectivity index (χ2n) is 21.8. The van der Waals surface area contributed by atoms with Gasteiger partial charge in [-0.05, 0) is 89.9 Å². The van der Waals surface area contributed by atoms with E-state index in [4.69, 9.17) is 0 Å². The molecule has 0 spiro atoms. The summed E-state index contributed by atoms with van der Waals surface area (Å²) in [5.41, 5.74) is 0. The number of nitrogens with one attached hydrogen (secondary N) is 3. The standard InChI is InChI=1S/C63H119N3O3/c1-4-7-10-13-16-19-22-25-28-31-34-37-40-43-46-49-52-64-61(67)58-55-59(62(68)65-53-50-47-44-41-38-35-32-29-26-23-20-17-14-11-8-5-2)57-60(56-58)63(69)66-54-51-48-45-42-39-36-33-30-27-24-21-18-15-12-9-6-3/h25-26,28-29,58-60H,4-24,27,30-57H2,1-3H3,(H,64,67)(H,65,68)(H,66,69)/b28-25+,29-26+. The zero-order valence-electron chi connectivity index (χ0n) is 46.6. The summed E-state index contributed by atoms with van der Waals surface area (Å²) in [7, 11) is 0. The zero-order valence-corrected chi connectivity index (χ0v) is 46.6. The fourth-order valence-corrected chi connectivity index (χ4v) is 10.4. The molecule has 0 aromatic carbocycles. The van der Waals surface area contributed by atoms with Crippen LogP contribution in [0.15, 0.2) is 24.3 Å². The van der Waals surface area contributed by atoms with Gasteiger partial charge in [-0.25, -0.2) is 0 Å². The fourth-order valence-electron chi connectivity index (χ4n) is 10.4. The molecule has 2 unspecified atom stereocenters. The van der Waals surface area contributed by atoms with Crippen molar-refractivity contribution in [1.82, 2.24) is 16.0 Å². The summed E-state index contributed by atoms with van der Waals surface area (Å²) >= 11 is 0. The van der Waals surface area contributed by atoms with Crippen LogP contribution in [0.3, 0.4) is 0 Å². The van der Waals surface area contributed by atoms with Crippen molar-refractivity contribution in [3.05, 3.63) is 24.3 Å². The lowest BCUT2D eigenvalue weighted by Gasteiger charge is -2.33. The van der Waals surface area contributed by atoms with Gasteiger partial charge in [-0.2, -0.15) is 0 Å². The second kappa shape index (κ2) is 52.2. The third kappa shape index (κ3) is 43.2. The van der Waals surface area contributed by atoms with Gasteiger partial charge >= 0.3 is 0 Å². The van der Waals surface area contributed by atoms with Crippen molar-refractivity contribution in [2.24, 2.45) is 17.8 Å². The maximum atomic E-state index is 13.6. The molecule has 6 heteroatoms. The van der Waals surface area contributed by atoms with Crippen molar-refractivity contribution in [1.29, 1.82) is 0 Å². The highest BCUT2D eigenvalue weighted by atomic mass is 16.2. The van der Waals surface area contributed by atoms with E-state index in [1.165, 1.54) is 244 Å². The lowest BCUT2D eigenvalue weighted by molar-refractivity contribution is -0.134. The Hall–Kier alpha value is -2.11. The normalized spacial score (nSPS) is 16.2. The first-order valence-electron chi connectivity index (χ1n) is 31.2. The highest BCUT2D eigenvalue weighted by molar-refractivity contribution is 5.86. The van der Waals surface area contributed by atoms with Crippen molar-refractivity contribution in [3.8, 4) is 0 Å². The van der Waals surface area contributed by atoms with E-state index < -0.39 is 0 Å². The van der Waals surface area contributed by atoms with Crippen LogP contribution in [0.1, 0.15) is 323 Å². The summed E-state index contributed by atoms with van der Waals surface area (Å²) in [6.07, 6.45) is 68.1. The molecule has 0 aliphatic heterocycles. The topological polar surface area (TPSA) is 87.3 Å². The first kappa shape index (κ1) is 64.9. The van der Waals surface area contributed by atoms with E-state index in [1.54, 1.807) is 0 Å². The monoisotopic (exact) mass is 966 g/mol. The van der Waals surface area contributed by atoms with E-state index in [2.05, 4.69) is 61.0 Å². The Morgan fingerprint density at radius 2 is 0.449 bits per heavy atom. The lowest BCUT2D eigenvalue weighted by Crippen LogP contribution is -2.45. The number of rotatable bonds is 52. The first-order chi connectivity index (χ1) is 34.0. The minimum atomic E-state index is -0.291. The van der Waals surface area contributed by atoms with Gasteiger partial charge in [-0.3, -0.25) is 14.4 Å². The Kier molecular flexibility index (Phi) is 49.1. The van der Waals surface area contributed by atoms with Crippen molar-refractivity contribution < 1.29 is 14.4 Å². The summed E-state index contributed by atoms with van der Waals surface area (Å²) < 4.78 is 0. The predicted molar refractivity (Wildman–Crippen MR) is 302 cm³/mol. The third-order valence-electron chi connectivity index (χ3n) is 15.1. The van der Waals surface area contributed by atoms with Gasteiger partial charge in [0.25, 0.3) is 0 Å². The number of hydrogen-bond acceptors (Lipinski definition) is 3. The largest absolute Gasteiger partial charge is 0.356 e. The van der Waals surface area contributed by atoms with Crippen molar-refractivity contribution in [2.75, 3.05) is 19.6 Å². The predicted octanol–water partition coefficient (Wildman–Crippen LogP) is 18.7. The second-order valence-corrected chi connectivity index (χ2v) is 21.8. The molecule has 0 radical (unpaired) electrons. The minimum Gasteiger partial charge on any atom is -0.356 e. The molecule has 0 bridgehead atoms. The molecule has 2 atom stereocenters. The first-order valence-corrected chi connectivity index (χ1v) is 31.2. The molecule has 1 aliphatic rings. The number of hydrogen-bond donors (Lipinski definition) is 3. The van der Waals surface area contributed by atoms with Crippen LogP contribution < -0.4 is 16.0 Å². The lowest BCUT2D eigenvalue weighted by atomic mass is 9.74. The average molecular weight is 967 g/mol. The van der Waals surface area contributed by atoms with E-state index in [9.17, 15) is 14.4 Å². The molecule has 404 valence electrons. The van der Waals surface area contributed by atoms with Crippen LogP contribution in [0.2, 0.25) is 0 Å². The molecule has 0 saturated heterocycles. The molecule has 0 aromatic heterocycles. The third-order valence-corrected chi connectivity index (χ3v) is 15.1. The fraction of sp³-hybridized carbons (Fsp3) is 0.889. The summed E-state index contributed by atoms with van der Waals surface area (Å²) in [6.45, 7) is 8.89. The summed E-state index contributed by atoms with van der Waals surface area (Å²) in [5, 5.41) is 9.64. The van der Waals surface area contributed by atoms with Gasteiger partial charge in [0.1, 0.15) is 0 Å². The van der Waals surface area contributed by atoms with Crippen molar-refractivity contribution in [2.45, 2.75) is 323 Å². The number of carbonyl (C=O) groups excluding carboxylic acids is 3. The van der Waals surface area contributed by atoms with Crippen molar-refractivity contribution in [3.63, 3.8) is 0 Å². The van der Waals surface area contributed by atoms with Gasteiger partial charge in [0, 0.05) is 37.4 Å². The van der Waals surface area contributed by atoms with Crippen LogP contribution in [0.4, 0.5) is 0 Å². The molecule has 1 saturated carbocycles. The Morgan fingerprint density at radius 1 is 0.275 bits per heavy atom. The van der Waals surface area contributed by atoms with E-state index >= 15 is 0 Å².